The fraction of sp³-hybridized carbons (Fsp3) is 0.419. The lowest BCUT2D eigenvalue weighted by Gasteiger charge is -2.27. The molecule has 3 N–H and O–H groups in total. The summed E-state index contributed by atoms with van der Waals surface area (Å²) in [7, 11) is 1.52. The minimum absolute atomic E-state index is 0.0729. The van der Waals surface area contributed by atoms with E-state index < -0.39 is 23.8 Å². The van der Waals surface area contributed by atoms with Gasteiger partial charge in [-0.1, -0.05) is 35.9 Å². The van der Waals surface area contributed by atoms with Crippen LogP contribution >= 0.6 is 11.6 Å². The van der Waals surface area contributed by atoms with Crippen LogP contribution in [0.5, 0.6) is 0 Å². The lowest BCUT2D eigenvalue weighted by molar-refractivity contribution is 0.0302. The van der Waals surface area contributed by atoms with E-state index in [4.69, 9.17) is 35.5 Å². The van der Waals surface area contributed by atoms with E-state index in [0.29, 0.717) is 67.7 Å². The molecular formula is C31H38ClN5O7. The van der Waals surface area contributed by atoms with E-state index in [1.54, 1.807) is 56.0 Å². The van der Waals surface area contributed by atoms with Crippen molar-refractivity contribution in [2.75, 3.05) is 51.9 Å². The number of nitrogens with zero attached hydrogens (tertiary/aromatic N) is 2. The number of nitrogens with one attached hydrogen (secondary N) is 3. The Labute approximate surface area is 261 Å². The Bertz CT molecular complexity index is 1430. The molecule has 0 radical (unpaired) electrons. The standard InChI is InChI=1S/C31H38ClN5O7/c1-31(2,3)44-30(40)34-24(19-20-6-5-7-22(18-20)28(38)37-12-14-42-15-13-37)27-35-25(26(32)36-27)21-8-10-23(11-9-21)33-29(39)43-17-16-41-4/h5-11,18,24H,12-17,19H2,1-4H3,(H,33,39)(H,34,40)(H,35,36)/t24-/m0/s1. The molecule has 1 saturated heterocycles. The molecule has 236 valence electrons. The van der Waals surface area contributed by atoms with E-state index in [0.717, 1.165) is 5.56 Å². The molecule has 0 bridgehead atoms. The summed E-state index contributed by atoms with van der Waals surface area (Å²) < 4.78 is 20.8. The Balaban J connectivity index is 1.54. The molecule has 1 fully saturated rings. The second-order valence-electron chi connectivity index (χ2n) is 11.1. The highest BCUT2D eigenvalue weighted by Crippen LogP contribution is 2.30. The van der Waals surface area contributed by atoms with Gasteiger partial charge >= 0.3 is 12.2 Å². The first-order chi connectivity index (χ1) is 21.0. The summed E-state index contributed by atoms with van der Waals surface area (Å²) in [5, 5.41) is 5.81. The third kappa shape index (κ3) is 9.43. The number of carbonyl (C=O) groups excluding carboxylic acids is 3. The van der Waals surface area contributed by atoms with E-state index in [9.17, 15) is 14.4 Å². The minimum atomic E-state index is -0.711. The lowest BCUT2D eigenvalue weighted by atomic mass is 10.0. The monoisotopic (exact) mass is 627 g/mol. The minimum Gasteiger partial charge on any atom is -0.447 e. The molecule has 12 nitrogen and oxygen atoms in total. The van der Waals surface area contributed by atoms with Gasteiger partial charge in [0.15, 0.2) is 0 Å². The van der Waals surface area contributed by atoms with Crippen molar-refractivity contribution in [2.45, 2.75) is 38.8 Å². The number of hydrogen-bond donors (Lipinski definition) is 3. The first-order valence-corrected chi connectivity index (χ1v) is 14.6. The van der Waals surface area contributed by atoms with E-state index in [1.165, 1.54) is 7.11 Å². The van der Waals surface area contributed by atoms with E-state index >= 15 is 0 Å². The molecule has 2 aromatic carbocycles. The number of imidazole rings is 1. The van der Waals surface area contributed by atoms with Gasteiger partial charge in [0.1, 0.15) is 28.9 Å². The molecule has 0 saturated carbocycles. The molecular weight excluding hydrogens is 590 g/mol. The number of morpholine rings is 1. The van der Waals surface area contributed by atoms with Crippen molar-refractivity contribution < 1.29 is 33.3 Å². The number of amides is 3. The number of ether oxygens (including phenoxy) is 4. The van der Waals surface area contributed by atoms with Crippen molar-refractivity contribution in [3.63, 3.8) is 0 Å². The smallest absolute Gasteiger partial charge is 0.411 e. The zero-order valence-corrected chi connectivity index (χ0v) is 26.0. The largest absolute Gasteiger partial charge is 0.447 e. The van der Waals surface area contributed by atoms with Crippen LogP contribution < -0.4 is 10.6 Å². The van der Waals surface area contributed by atoms with Crippen LogP contribution in [0.1, 0.15) is 48.6 Å². The van der Waals surface area contributed by atoms with Crippen LogP contribution in [-0.4, -0.2) is 85.2 Å². The lowest BCUT2D eigenvalue weighted by Crippen LogP contribution is -2.40. The first kappa shape index (κ1) is 32.8. The Morgan fingerprint density at radius 3 is 2.48 bits per heavy atom. The molecule has 4 rings (SSSR count). The third-order valence-corrected chi connectivity index (χ3v) is 6.81. The number of hydrogen-bond acceptors (Lipinski definition) is 8. The van der Waals surface area contributed by atoms with Crippen molar-refractivity contribution in [3.8, 4) is 11.3 Å². The Morgan fingerprint density at radius 2 is 1.80 bits per heavy atom. The molecule has 0 unspecified atom stereocenters. The molecule has 1 atom stereocenters. The Kier molecular flexibility index (Phi) is 11.2. The number of H-pyrrole nitrogens is 1. The normalized spacial score (nSPS) is 14.1. The van der Waals surface area contributed by atoms with Gasteiger partial charge in [-0.2, -0.15) is 0 Å². The number of benzene rings is 2. The zero-order valence-electron chi connectivity index (χ0n) is 25.3. The summed E-state index contributed by atoms with van der Waals surface area (Å²) in [5.74, 6) is 0.334. The van der Waals surface area contributed by atoms with Gasteiger partial charge in [0, 0.05) is 43.4 Å². The first-order valence-electron chi connectivity index (χ1n) is 14.3. The van der Waals surface area contributed by atoms with Crippen molar-refractivity contribution in [1.29, 1.82) is 0 Å². The van der Waals surface area contributed by atoms with Crippen LogP contribution in [0.3, 0.4) is 0 Å². The molecule has 0 aliphatic carbocycles. The highest BCUT2D eigenvalue weighted by Gasteiger charge is 2.25. The predicted molar refractivity (Wildman–Crippen MR) is 165 cm³/mol. The van der Waals surface area contributed by atoms with Gasteiger partial charge in [-0.15, -0.1) is 0 Å². The molecule has 2 heterocycles. The molecule has 44 heavy (non-hydrogen) atoms. The maximum absolute atomic E-state index is 13.1. The number of methoxy groups -OCH3 is 1. The van der Waals surface area contributed by atoms with Gasteiger partial charge in [-0.05, 0) is 50.6 Å². The summed E-state index contributed by atoms with van der Waals surface area (Å²) in [4.78, 5) is 47.5. The van der Waals surface area contributed by atoms with E-state index in [1.807, 2.05) is 18.2 Å². The van der Waals surface area contributed by atoms with Crippen molar-refractivity contribution in [1.82, 2.24) is 20.2 Å². The van der Waals surface area contributed by atoms with Crippen molar-refractivity contribution in [2.24, 2.45) is 0 Å². The fourth-order valence-corrected chi connectivity index (χ4v) is 4.74. The maximum Gasteiger partial charge on any atom is 0.411 e. The second-order valence-corrected chi connectivity index (χ2v) is 11.5. The number of aromatic amines is 1. The molecule has 1 aromatic heterocycles. The molecule has 3 aromatic rings. The topological polar surface area (TPSA) is 144 Å². The third-order valence-electron chi connectivity index (χ3n) is 6.54. The van der Waals surface area contributed by atoms with E-state index in [2.05, 4.69) is 15.6 Å². The van der Waals surface area contributed by atoms with Gasteiger partial charge < -0.3 is 34.1 Å². The van der Waals surface area contributed by atoms with Crippen LogP contribution in [0, 0.1) is 0 Å². The molecule has 3 amide bonds. The highest BCUT2D eigenvalue weighted by molar-refractivity contribution is 6.31. The number of halogens is 1. The quantitative estimate of drug-likeness (QED) is 0.260. The molecule has 1 aliphatic rings. The summed E-state index contributed by atoms with van der Waals surface area (Å²) in [6, 6.07) is 13.6. The molecule has 1 aliphatic heterocycles. The van der Waals surface area contributed by atoms with Crippen LogP contribution in [0.25, 0.3) is 11.3 Å². The van der Waals surface area contributed by atoms with Crippen LogP contribution in [-0.2, 0) is 25.4 Å². The van der Waals surface area contributed by atoms with Gasteiger partial charge in [-0.3, -0.25) is 10.1 Å². The second kappa shape index (κ2) is 15.0. The van der Waals surface area contributed by atoms with Crippen molar-refractivity contribution in [3.05, 3.63) is 70.6 Å². The zero-order chi connectivity index (χ0) is 31.7. The van der Waals surface area contributed by atoms with Crippen LogP contribution in [0.15, 0.2) is 48.5 Å². The van der Waals surface area contributed by atoms with Gasteiger partial charge in [-0.25, -0.2) is 14.6 Å². The average molecular weight is 628 g/mol. The number of carbonyl (C=O) groups is 3. The summed E-state index contributed by atoms with van der Waals surface area (Å²) in [6.07, 6.45) is -0.910. The Morgan fingerprint density at radius 1 is 1.07 bits per heavy atom. The summed E-state index contributed by atoms with van der Waals surface area (Å²) >= 11 is 6.59. The van der Waals surface area contributed by atoms with Crippen molar-refractivity contribution >= 4 is 35.4 Å². The van der Waals surface area contributed by atoms with Gasteiger partial charge in [0.2, 0.25) is 0 Å². The number of rotatable bonds is 10. The number of alkyl carbamates (subject to hydrolysis) is 1. The summed E-state index contributed by atoms with van der Waals surface area (Å²) in [5.41, 5.74) is 2.32. The molecule has 13 heteroatoms. The Hall–Kier alpha value is -4.13. The molecule has 0 spiro atoms. The van der Waals surface area contributed by atoms with Gasteiger partial charge in [0.25, 0.3) is 5.91 Å². The van der Waals surface area contributed by atoms with Crippen LogP contribution in [0.4, 0.5) is 15.3 Å². The average Bonchev–Trinajstić information content (AvgIpc) is 3.38. The van der Waals surface area contributed by atoms with Crippen LogP contribution in [0.2, 0.25) is 5.15 Å². The summed E-state index contributed by atoms with van der Waals surface area (Å²) in [6.45, 7) is 7.87. The SMILES string of the molecule is COCCOC(=O)Nc1ccc(-c2nc([C@H](Cc3cccc(C(=O)N4CCOCC4)c3)NC(=O)OC(C)(C)C)[nH]c2Cl)cc1. The number of anilines is 1. The fourth-order valence-electron chi connectivity index (χ4n) is 4.49. The maximum atomic E-state index is 13.1. The highest BCUT2D eigenvalue weighted by atomic mass is 35.5. The predicted octanol–water partition coefficient (Wildman–Crippen LogP) is 5.21. The number of aromatic nitrogens is 2. The van der Waals surface area contributed by atoms with Gasteiger partial charge in [0.05, 0.1) is 25.9 Å². The van der Waals surface area contributed by atoms with E-state index in [-0.39, 0.29) is 17.7 Å².